The Labute approximate surface area is 204 Å². The van der Waals surface area contributed by atoms with Crippen LogP contribution in [0.5, 0.6) is 0 Å². The van der Waals surface area contributed by atoms with Crippen LogP contribution in [0.4, 0.5) is 11.4 Å². The molecule has 0 bridgehead atoms. The minimum absolute atomic E-state index is 0.532. The molecule has 2 radical (unpaired) electrons. The van der Waals surface area contributed by atoms with Gasteiger partial charge >= 0.3 is 205 Å². The molecule has 0 aromatic heterocycles. The molecule has 0 amide bonds. The summed E-state index contributed by atoms with van der Waals surface area (Å²) in [5, 5.41) is 0. The Balaban J connectivity index is 2.17. The van der Waals surface area contributed by atoms with E-state index in [9.17, 15) is 0 Å². The zero-order chi connectivity index (χ0) is 23.7. The van der Waals surface area contributed by atoms with Gasteiger partial charge in [-0.1, -0.05) is 0 Å². The number of nitrogens with zero attached hydrogens (tertiary/aromatic N) is 2. The van der Waals surface area contributed by atoms with Crippen LogP contribution < -0.4 is 7.71 Å². The molecule has 0 saturated carbocycles. The second kappa shape index (κ2) is 10.2. The fourth-order valence-electron chi connectivity index (χ4n) is 5.14. The van der Waals surface area contributed by atoms with Gasteiger partial charge < -0.3 is 0 Å². The maximum atomic E-state index is 2.84. The van der Waals surface area contributed by atoms with Crippen molar-refractivity contribution in [1.82, 2.24) is 0 Å². The van der Waals surface area contributed by atoms with Gasteiger partial charge in [0.2, 0.25) is 0 Å². The molecule has 2 atom stereocenters. The predicted octanol–water partition coefficient (Wildman–Crippen LogP) is 8.21. The van der Waals surface area contributed by atoms with Gasteiger partial charge in [0, 0.05) is 0 Å². The molecule has 0 spiro atoms. The van der Waals surface area contributed by atoms with Crippen molar-refractivity contribution >= 4 is 27.3 Å². The van der Waals surface area contributed by atoms with E-state index in [4.69, 9.17) is 0 Å². The summed E-state index contributed by atoms with van der Waals surface area (Å²) >= 11 is -0.536. The van der Waals surface area contributed by atoms with Crippen LogP contribution in [0.25, 0.3) is 0 Å². The van der Waals surface area contributed by atoms with Gasteiger partial charge in [-0.05, 0) is 0 Å². The van der Waals surface area contributed by atoms with Crippen molar-refractivity contribution in [3.63, 3.8) is 0 Å². The van der Waals surface area contributed by atoms with Crippen molar-refractivity contribution in [2.75, 3.05) is 7.71 Å². The molecular weight excluding hydrogens is 449 g/mol. The van der Waals surface area contributed by atoms with Gasteiger partial charge in [0.25, 0.3) is 0 Å². The number of hydrogen-bond donors (Lipinski definition) is 0. The molecule has 3 rings (SSSR count). The second-order valence-electron chi connectivity index (χ2n) is 11.0. The number of benzene rings is 2. The second-order valence-corrected chi connectivity index (χ2v) is 13.4. The standard InChI is InChI=1S/C29H44GeN2/c1-18(2)24-13-11-14-25(19(3)4)28(24)31-22(9)17-23(10)32(30-31)29-26(20(5)6)15-12-16-27(29)21(7)8/h11-16,18-23H,17H2,1-10H3. The normalized spacial score (nSPS) is 19.7. The third-order valence-corrected chi connectivity index (χ3v) is 10.6. The van der Waals surface area contributed by atoms with Crippen LogP contribution in [0.3, 0.4) is 0 Å². The van der Waals surface area contributed by atoms with Gasteiger partial charge in [-0.2, -0.15) is 0 Å². The number of rotatable bonds is 6. The van der Waals surface area contributed by atoms with Crippen molar-refractivity contribution in [1.29, 1.82) is 0 Å². The Kier molecular flexibility index (Phi) is 8.07. The first-order chi connectivity index (χ1) is 15.0. The van der Waals surface area contributed by atoms with Crippen LogP contribution in [-0.2, 0) is 0 Å². The van der Waals surface area contributed by atoms with Crippen molar-refractivity contribution < 1.29 is 0 Å². The molecule has 32 heavy (non-hydrogen) atoms. The molecule has 1 fully saturated rings. The van der Waals surface area contributed by atoms with E-state index in [-0.39, 0.29) is 0 Å². The molecule has 1 heterocycles. The molecule has 0 aliphatic carbocycles. The van der Waals surface area contributed by atoms with Crippen LogP contribution in [0, 0.1) is 0 Å². The first kappa shape index (κ1) is 25.2. The third kappa shape index (κ3) is 4.91. The molecule has 2 aromatic rings. The van der Waals surface area contributed by atoms with Crippen molar-refractivity contribution in [3.8, 4) is 0 Å². The molecule has 3 heteroatoms. The summed E-state index contributed by atoms with van der Waals surface area (Å²) in [6.45, 7) is 23.7. The molecule has 1 aliphatic rings. The van der Waals surface area contributed by atoms with Gasteiger partial charge in [0.15, 0.2) is 0 Å². The predicted molar refractivity (Wildman–Crippen MR) is 143 cm³/mol. The van der Waals surface area contributed by atoms with Gasteiger partial charge in [0.05, 0.1) is 0 Å². The van der Waals surface area contributed by atoms with E-state index >= 15 is 0 Å². The van der Waals surface area contributed by atoms with Crippen molar-refractivity contribution in [2.24, 2.45) is 0 Å². The Morgan fingerprint density at radius 1 is 0.594 bits per heavy atom. The van der Waals surface area contributed by atoms with Crippen molar-refractivity contribution in [2.45, 2.75) is 111 Å². The summed E-state index contributed by atoms with van der Waals surface area (Å²) in [5.41, 5.74) is 9.14. The van der Waals surface area contributed by atoms with E-state index < -0.39 is 15.9 Å². The fraction of sp³-hybridized carbons (Fsp3) is 0.586. The SMILES string of the molecule is CC(C)c1cccc(C(C)C)c1[N]1[Ge][N](c2c(C(C)C)cccc2C(C)C)C(C)CC1C. The molecule has 174 valence electrons. The first-order valence-corrected chi connectivity index (χ1v) is 14.5. The van der Waals surface area contributed by atoms with Gasteiger partial charge in [-0.25, -0.2) is 0 Å². The van der Waals surface area contributed by atoms with Crippen LogP contribution >= 0.6 is 0 Å². The van der Waals surface area contributed by atoms with Crippen LogP contribution in [-0.4, -0.2) is 28.0 Å². The van der Waals surface area contributed by atoms with E-state index in [0.717, 1.165) is 0 Å². The zero-order valence-corrected chi connectivity index (χ0v) is 24.1. The average molecular weight is 493 g/mol. The molecule has 1 saturated heterocycles. The zero-order valence-electron chi connectivity index (χ0n) is 22.0. The van der Waals surface area contributed by atoms with E-state index in [1.807, 2.05) is 0 Å². The fourth-order valence-corrected chi connectivity index (χ4v) is 8.40. The van der Waals surface area contributed by atoms with Crippen molar-refractivity contribution in [3.05, 3.63) is 58.7 Å². The molecule has 0 N–H and O–H groups in total. The van der Waals surface area contributed by atoms with Gasteiger partial charge in [-0.15, -0.1) is 0 Å². The maximum absolute atomic E-state index is 2.84. The molecular formula is C29H44GeN2. The Morgan fingerprint density at radius 3 is 1.12 bits per heavy atom. The Morgan fingerprint density at radius 2 is 0.875 bits per heavy atom. The topological polar surface area (TPSA) is 6.48 Å². The first-order valence-electron chi connectivity index (χ1n) is 12.6. The third-order valence-electron chi connectivity index (χ3n) is 6.95. The number of hydrogen-bond acceptors (Lipinski definition) is 2. The number of para-hydroxylation sites is 2. The van der Waals surface area contributed by atoms with Gasteiger partial charge in [0.1, 0.15) is 0 Å². The van der Waals surface area contributed by atoms with Gasteiger partial charge in [-0.3, -0.25) is 0 Å². The van der Waals surface area contributed by atoms with Crippen LogP contribution in [0.1, 0.15) is 122 Å². The number of anilines is 2. The van der Waals surface area contributed by atoms with Crippen LogP contribution in [0.15, 0.2) is 36.4 Å². The summed E-state index contributed by atoms with van der Waals surface area (Å²) in [7, 11) is 0. The summed E-state index contributed by atoms with van der Waals surface area (Å²) in [6, 6.07) is 15.2. The Hall–Kier alpha value is -1.42. The average Bonchev–Trinajstić information content (AvgIpc) is 2.72. The quantitative estimate of drug-likeness (QED) is 0.375. The molecule has 2 nitrogen and oxygen atoms in total. The minimum atomic E-state index is -0.536. The summed E-state index contributed by atoms with van der Waals surface area (Å²) in [5.74, 6) is 2.13. The summed E-state index contributed by atoms with van der Waals surface area (Å²) < 4.78 is 5.68. The monoisotopic (exact) mass is 494 g/mol. The van der Waals surface area contributed by atoms with E-state index in [1.54, 1.807) is 0 Å². The van der Waals surface area contributed by atoms with E-state index in [0.29, 0.717) is 35.8 Å². The van der Waals surface area contributed by atoms with E-state index in [1.165, 1.54) is 40.0 Å². The van der Waals surface area contributed by atoms with Crippen LogP contribution in [0.2, 0.25) is 0 Å². The molecule has 2 unspecified atom stereocenters. The summed E-state index contributed by atoms with van der Waals surface area (Å²) in [4.78, 5) is 0. The van der Waals surface area contributed by atoms with E-state index in [2.05, 4.69) is 113 Å². The molecule has 1 aliphatic heterocycles. The summed E-state index contributed by atoms with van der Waals surface area (Å²) in [6.07, 6.45) is 1.21. The Bertz CT molecular complexity index is 789. The molecule has 2 aromatic carbocycles.